The third-order valence-corrected chi connectivity index (χ3v) is 4.99. The van der Waals surface area contributed by atoms with Crippen LogP contribution in [-0.4, -0.2) is 15.0 Å². The van der Waals surface area contributed by atoms with Crippen molar-refractivity contribution >= 4 is 17.4 Å². The van der Waals surface area contributed by atoms with Crippen molar-refractivity contribution in [2.24, 2.45) is 5.92 Å². The Morgan fingerprint density at radius 1 is 1.11 bits per heavy atom. The van der Waals surface area contributed by atoms with Crippen LogP contribution < -0.4 is 22.3 Å². The second-order valence-electron chi connectivity index (χ2n) is 7.23. The summed E-state index contributed by atoms with van der Waals surface area (Å²) in [6.45, 7) is 4.52. The van der Waals surface area contributed by atoms with Gasteiger partial charge in [-0.25, -0.2) is 4.79 Å². The lowest BCUT2D eigenvalue weighted by Crippen LogP contribution is -2.42. The van der Waals surface area contributed by atoms with Crippen LogP contribution in [0.3, 0.4) is 0 Å². The van der Waals surface area contributed by atoms with Gasteiger partial charge in [-0.2, -0.15) is 0 Å². The topological polar surface area (TPSA) is 99.1 Å². The molecule has 0 aromatic carbocycles. The van der Waals surface area contributed by atoms with E-state index < -0.39 is 11.2 Å². The number of hydrogen-bond donors (Lipinski definition) is 2. The molecule has 0 saturated heterocycles. The van der Waals surface area contributed by atoms with Crippen molar-refractivity contribution in [2.75, 3.05) is 11.1 Å². The molecular formula is C20H32N4O3. The van der Waals surface area contributed by atoms with Crippen LogP contribution in [0, 0.1) is 5.92 Å². The summed E-state index contributed by atoms with van der Waals surface area (Å²) in [6, 6.07) is 0. The molecule has 150 valence electrons. The first-order valence-electron chi connectivity index (χ1n) is 10.1. The third kappa shape index (κ3) is 5.34. The molecule has 0 atom stereocenters. The predicted molar refractivity (Wildman–Crippen MR) is 109 cm³/mol. The Labute approximate surface area is 160 Å². The van der Waals surface area contributed by atoms with Gasteiger partial charge in [0.2, 0.25) is 5.91 Å². The number of nitrogens with one attached hydrogen (secondary N) is 1. The Morgan fingerprint density at radius 2 is 1.74 bits per heavy atom. The molecule has 3 N–H and O–H groups in total. The van der Waals surface area contributed by atoms with E-state index in [2.05, 4.69) is 11.4 Å². The van der Waals surface area contributed by atoms with Crippen LogP contribution in [0.1, 0.15) is 65.2 Å². The predicted octanol–water partition coefficient (Wildman–Crippen LogP) is 2.88. The minimum Gasteiger partial charge on any atom is -0.383 e. The summed E-state index contributed by atoms with van der Waals surface area (Å²) in [5.74, 6) is 0.282. The van der Waals surface area contributed by atoms with E-state index in [0.29, 0.717) is 31.8 Å². The summed E-state index contributed by atoms with van der Waals surface area (Å²) < 4.78 is 2.52. The zero-order chi connectivity index (χ0) is 19.8. The highest BCUT2D eigenvalue weighted by Crippen LogP contribution is 2.24. The van der Waals surface area contributed by atoms with Crippen molar-refractivity contribution in [1.29, 1.82) is 0 Å². The molecule has 27 heavy (non-hydrogen) atoms. The number of aromatic nitrogens is 2. The van der Waals surface area contributed by atoms with Gasteiger partial charge in [0, 0.05) is 19.5 Å². The molecule has 7 heteroatoms. The number of anilines is 2. The van der Waals surface area contributed by atoms with Gasteiger partial charge < -0.3 is 11.1 Å². The number of rotatable bonds is 8. The van der Waals surface area contributed by atoms with Crippen molar-refractivity contribution in [1.82, 2.24) is 9.13 Å². The largest absolute Gasteiger partial charge is 0.383 e. The van der Waals surface area contributed by atoms with Crippen molar-refractivity contribution in [2.45, 2.75) is 78.3 Å². The van der Waals surface area contributed by atoms with E-state index in [9.17, 15) is 14.4 Å². The van der Waals surface area contributed by atoms with Gasteiger partial charge in [0.1, 0.15) is 11.5 Å². The smallest absolute Gasteiger partial charge is 0.332 e. The summed E-state index contributed by atoms with van der Waals surface area (Å²) in [5.41, 5.74) is 5.10. The molecular weight excluding hydrogens is 344 g/mol. The van der Waals surface area contributed by atoms with E-state index in [1.807, 2.05) is 19.9 Å². The van der Waals surface area contributed by atoms with Crippen LogP contribution in [0.2, 0.25) is 0 Å². The number of nitrogen functional groups attached to an aromatic ring is 1. The van der Waals surface area contributed by atoms with Gasteiger partial charge in [0.25, 0.3) is 5.56 Å². The monoisotopic (exact) mass is 376 g/mol. The fraction of sp³-hybridized carbons (Fsp3) is 0.650. The van der Waals surface area contributed by atoms with E-state index in [4.69, 9.17) is 5.73 Å². The summed E-state index contributed by atoms with van der Waals surface area (Å²) >= 11 is 0. The molecule has 0 radical (unpaired) electrons. The van der Waals surface area contributed by atoms with E-state index in [0.717, 1.165) is 4.57 Å². The second kappa shape index (κ2) is 10.1. The maximum absolute atomic E-state index is 12.7. The van der Waals surface area contributed by atoms with E-state index in [1.165, 1.54) is 36.7 Å². The Morgan fingerprint density at radius 3 is 2.37 bits per heavy atom. The normalized spacial score (nSPS) is 15.3. The molecule has 2 rings (SSSR count). The first-order valence-corrected chi connectivity index (χ1v) is 10.1. The number of allylic oxidation sites excluding steroid dienone is 1. The van der Waals surface area contributed by atoms with Crippen molar-refractivity contribution < 1.29 is 4.79 Å². The van der Waals surface area contributed by atoms with Crippen LogP contribution in [0.4, 0.5) is 11.5 Å². The summed E-state index contributed by atoms with van der Waals surface area (Å²) in [7, 11) is 0. The Balaban J connectivity index is 2.18. The van der Waals surface area contributed by atoms with Gasteiger partial charge in [0.15, 0.2) is 0 Å². The number of carbonyl (C=O) groups excluding carboxylic acids is 1. The van der Waals surface area contributed by atoms with Gasteiger partial charge >= 0.3 is 5.69 Å². The standard InChI is InChI=1S/C20H32N4O3/c1-3-13-23-18(21)17(19(26)24(14-4-2)20(23)27)22-16(25)12-8-11-15-9-6-5-7-10-15/h8,11,15H,3-7,9-10,12-14,21H2,1-2H3,(H,22,25)/b11-8+. The first kappa shape index (κ1) is 21.0. The summed E-state index contributed by atoms with van der Waals surface area (Å²) in [6.07, 6.45) is 11.6. The Kier molecular flexibility index (Phi) is 7.88. The highest BCUT2D eigenvalue weighted by Gasteiger charge is 2.18. The fourth-order valence-electron chi connectivity index (χ4n) is 3.58. The first-order chi connectivity index (χ1) is 13.0. The molecule has 0 unspecified atom stereocenters. The van der Waals surface area contributed by atoms with E-state index in [-0.39, 0.29) is 23.8 Å². The number of carbonyl (C=O) groups is 1. The number of nitrogens with two attached hydrogens (primary N) is 1. The molecule has 7 nitrogen and oxygen atoms in total. The lowest BCUT2D eigenvalue weighted by atomic mass is 9.89. The molecule has 1 saturated carbocycles. The Bertz CT molecular complexity index is 786. The average Bonchev–Trinajstić information content (AvgIpc) is 2.67. The minimum atomic E-state index is -0.531. The summed E-state index contributed by atoms with van der Waals surface area (Å²) in [5, 5.41) is 2.63. The zero-order valence-corrected chi connectivity index (χ0v) is 16.5. The quantitative estimate of drug-likeness (QED) is 0.682. The number of hydrogen-bond acceptors (Lipinski definition) is 4. The minimum absolute atomic E-state index is 0.00701. The van der Waals surface area contributed by atoms with Gasteiger partial charge in [0.05, 0.1) is 0 Å². The average molecular weight is 377 g/mol. The fourth-order valence-corrected chi connectivity index (χ4v) is 3.58. The number of amides is 1. The van der Waals surface area contributed by atoms with Crippen molar-refractivity contribution in [3.8, 4) is 0 Å². The lowest BCUT2D eigenvalue weighted by molar-refractivity contribution is -0.115. The van der Waals surface area contributed by atoms with Gasteiger partial charge in [-0.05, 0) is 31.6 Å². The molecule has 0 spiro atoms. The van der Waals surface area contributed by atoms with E-state index >= 15 is 0 Å². The SMILES string of the molecule is CCCn1c(N)c(NC(=O)C/C=C/C2CCCCC2)c(=O)n(CCC)c1=O. The molecule has 1 aromatic heterocycles. The van der Waals surface area contributed by atoms with Crippen LogP contribution in [-0.2, 0) is 17.9 Å². The molecule has 0 aliphatic heterocycles. The van der Waals surface area contributed by atoms with Gasteiger partial charge in [-0.3, -0.25) is 18.7 Å². The van der Waals surface area contributed by atoms with Crippen LogP contribution in [0.5, 0.6) is 0 Å². The molecule has 1 aliphatic rings. The highest BCUT2D eigenvalue weighted by atomic mass is 16.2. The molecule has 0 bridgehead atoms. The third-order valence-electron chi connectivity index (χ3n) is 4.99. The van der Waals surface area contributed by atoms with Crippen molar-refractivity contribution in [3.05, 3.63) is 33.0 Å². The highest BCUT2D eigenvalue weighted by molar-refractivity contribution is 5.93. The summed E-state index contributed by atoms with van der Waals surface area (Å²) in [4.78, 5) is 37.5. The van der Waals surface area contributed by atoms with Crippen LogP contribution in [0.15, 0.2) is 21.7 Å². The maximum atomic E-state index is 12.7. The van der Waals surface area contributed by atoms with E-state index in [1.54, 1.807) is 0 Å². The maximum Gasteiger partial charge on any atom is 0.332 e. The Hall–Kier alpha value is -2.31. The van der Waals surface area contributed by atoms with Gasteiger partial charge in [-0.1, -0.05) is 45.3 Å². The molecule has 1 heterocycles. The zero-order valence-electron chi connectivity index (χ0n) is 16.5. The van der Waals surface area contributed by atoms with Crippen molar-refractivity contribution in [3.63, 3.8) is 0 Å². The molecule has 1 amide bonds. The molecule has 1 aliphatic carbocycles. The van der Waals surface area contributed by atoms with Crippen LogP contribution >= 0.6 is 0 Å². The lowest BCUT2D eigenvalue weighted by Gasteiger charge is -2.18. The number of nitrogens with zero attached hydrogens (tertiary/aromatic N) is 2. The second-order valence-corrected chi connectivity index (χ2v) is 7.23. The van der Waals surface area contributed by atoms with Gasteiger partial charge in [-0.15, -0.1) is 0 Å². The molecule has 1 fully saturated rings. The van der Waals surface area contributed by atoms with Crippen LogP contribution in [0.25, 0.3) is 0 Å². The molecule has 1 aromatic rings.